The summed E-state index contributed by atoms with van der Waals surface area (Å²) in [5.74, 6) is 3.91. The minimum atomic E-state index is -0.467. The molecule has 1 nitrogen and oxygen atoms in total. The fourth-order valence-corrected chi connectivity index (χ4v) is 9.52. The summed E-state index contributed by atoms with van der Waals surface area (Å²) >= 11 is 0. The van der Waals surface area contributed by atoms with Crippen molar-refractivity contribution in [1.29, 1.82) is 0 Å². The van der Waals surface area contributed by atoms with Gasteiger partial charge < -0.3 is 5.11 Å². The molecule has 0 aromatic rings. The highest BCUT2D eigenvalue weighted by Crippen LogP contribution is 2.71. The van der Waals surface area contributed by atoms with E-state index in [-0.39, 0.29) is 10.8 Å². The molecule has 4 aliphatic rings. The quantitative estimate of drug-likeness (QED) is 0.466. The zero-order chi connectivity index (χ0) is 21.9. The molecule has 0 aromatic carbocycles. The molecule has 8 atom stereocenters. The summed E-state index contributed by atoms with van der Waals surface area (Å²) in [4.78, 5) is 0. The summed E-state index contributed by atoms with van der Waals surface area (Å²) in [6.45, 7) is 16.7. The van der Waals surface area contributed by atoms with Crippen molar-refractivity contribution in [3.8, 4) is 0 Å². The fourth-order valence-electron chi connectivity index (χ4n) is 9.52. The second-order valence-corrected chi connectivity index (χ2v) is 13.1. The van der Waals surface area contributed by atoms with Crippen molar-refractivity contribution in [3.05, 3.63) is 23.8 Å². The van der Waals surface area contributed by atoms with Crippen molar-refractivity contribution < 1.29 is 5.11 Å². The molecule has 0 aliphatic heterocycles. The summed E-state index contributed by atoms with van der Waals surface area (Å²) < 4.78 is 0. The molecule has 0 amide bonds. The SMILES string of the molecule is CC(C)=C/C=C/[C@@H](C)[C@H]1CC[C@H]2[C@@H]3CC[C@@]4(O)C(C)(C)CCC[C@]4(C)[C@H]3CC[C@]12C. The first-order valence-electron chi connectivity index (χ1n) is 13.0. The molecule has 1 heteroatoms. The monoisotopic (exact) mass is 412 g/mol. The van der Waals surface area contributed by atoms with Crippen molar-refractivity contribution in [1.82, 2.24) is 0 Å². The average molecular weight is 413 g/mol. The molecule has 0 saturated heterocycles. The molecule has 0 radical (unpaired) electrons. The van der Waals surface area contributed by atoms with Gasteiger partial charge in [-0.05, 0) is 111 Å². The van der Waals surface area contributed by atoms with Crippen molar-refractivity contribution in [2.24, 2.45) is 45.8 Å². The van der Waals surface area contributed by atoms with Gasteiger partial charge in [0.05, 0.1) is 5.60 Å². The van der Waals surface area contributed by atoms with Crippen molar-refractivity contribution >= 4 is 0 Å². The van der Waals surface area contributed by atoms with E-state index in [2.05, 4.69) is 66.7 Å². The topological polar surface area (TPSA) is 20.2 Å². The largest absolute Gasteiger partial charge is 0.389 e. The van der Waals surface area contributed by atoms with Crippen LogP contribution in [0.4, 0.5) is 0 Å². The van der Waals surface area contributed by atoms with Gasteiger partial charge in [0, 0.05) is 0 Å². The molecular weight excluding hydrogens is 364 g/mol. The molecule has 0 spiro atoms. The minimum absolute atomic E-state index is 0.0637. The van der Waals surface area contributed by atoms with E-state index < -0.39 is 5.60 Å². The summed E-state index contributed by atoms with van der Waals surface area (Å²) in [6, 6.07) is 0. The summed E-state index contributed by atoms with van der Waals surface area (Å²) in [6.07, 6.45) is 18.6. The maximum absolute atomic E-state index is 12.1. The van der Waals surface area contributed by atoms with Crippen LogP contribution in [-0.2, 0) is 0 Å². The maximum atomic E-state index is 12.1. The van der Waals surface area contributed by atoms with Gasteiger partial charge in [-0.2, -0.15) is 0 Å². The lowest BCUT2D eigenvalue weighted by Gasteiger charge is -2.67. The lowest BCUT2D eigenvalue weighted by atomic mass is 9.39. The van der Waals surface area contributed by atoms with Crippen LogP contribution in [0.25, 0.3) is 0 Å². The fraction of sp³-hybridized carbons (Fsp3) is 0.862. The third-order valence-corrected chi connectivity index (χ3v) is 11.2. The molecule has 170 valence electrons. The lowest BCUT2D eigenvalue weighted by molar-refractivity contribution is -0.253. The molecule has 4 fully saturated rings. The van der Waals surface area contributed by atoms with Gasteiger partial charge in [0.25, 0.3) is 0 Å². The highest BCUT2D eigenvalue weighted by molar-refractivity contribution is 5.18. The molecule has 0 bridgehead atoms. The molecular formula is C29H48O. The predicted octanol–water partition coefficient (Wildman–Crippen LogP) is 7.94. The van der Waals surface area contributed by atoms with Crippen molar-refractivity contribution in [2.75, 3.05) is 0 Å². The van der Waals surface area contributed by atoms with Crippen LogP contribution in [0.1, 0.15) is 106 Å². The number of hydrogen-bond donors (Lipinski definition) is 1. The van der Waals surface area contributed by atoms with E-state index in [0.29, 0.717) is 11.3 Å². The maximum Gasteiger partial charge on any atom is 0.0754 e. The second-order valence-electron chi connectivity index (χ2n) is 13.1. The molecule has 0 unspecified atom stereocenters. The van der Waals surface area contributed by atoms with Crippen molar-refractivity contribution in [3.63, 3.8) is 0 Å². The van der Waals surface area contributed by atoms with Gasteiger partial charge in [0.1, 0.15) is 0 Å². The van der Waals surface area contributed by atoms with Crippen LogP contribution < -0.4 is 0 Å². The van der Waals surface area contributed by atoms with Crippen LogP contribution in [0.5, 0.6) is 0 Å². The molecule has 4 rings (SSSR count). The Morgan fingerprint density at radius 3 is 2.33 bits per heavy atom. The van der Waals surface area contributed by atoms with E-state index in [4.69, 9.17) is 0 Å². The number of rotatable bonds is 3. The Labute approximate surface area is 186 Å². The van der Waals surface area contributed by atoms with Crippen LogP contribution in [-0.4, -0.2) is 10.7 Å². The lowest BCUT2D eigenvalue weighted by Crippen LogP contribution is -2.67. The highest BCUT2D eigenvalue weighted by Gasteiger charge is 2.67. The number of aliphatic hydroxyl groups is 1. The Balaban J connectivity index is 1.58. The highest BCUT2D eigenvalue weighted by atomic mass is 16.3. The Hall–Kier alpha value is -0.560. The summed E-state index contributed by atoms with van der Waals surface area (Å²) in [5.41, 5.74) is 1.59. The summed E-state index contributed by atoms with van der Waals surface area (Å²) in [7, 11) is 0. The first-order chi connectivity index (χ1) is 14.0. The van der Waals surface area contributed by atoms with Crippen LogP contribution in [0.15, 0.2) is 23.8 Å². The zero-order valence-corrected chi connectivity index (χ0v) is 20.9. The normalized spacial score (nSPS) is 48.5. The van der Waals surface area contributed by atoms with Crippen LogP contribution in [0.2, 0.25) is 0 Å². The van der Waals surface area contributed by atoms with Crippen LogP contribution in [0, 0.1) is 45.8 Å². The third-order valence-electron chi connectivity index (χ3n) is 11.2. The molecule has 0 aromatic heterocycles. The van der Waals surface area contributed by atoms with Gasteiger partial charge in [0.2, 0.25) is 0 Å². The first-order valence-corrected chi connectivity index (χ1v) is 13.0. The molecule has 1 N–H and O–H groups in total. The van der Waals surface area contributed by atoms with Gasteiger partial charge in [-0.15, -0.1) is 0 Å². The molecule has 0 heterocycles. The van der Waals surface area contributed by atoms with E-state index in [1.54, 1.807) is 0 Å². The van der Waals surface area contributed by atoms with Gasteiger partial charge in [0.15, 0.2) is 0 Å². The molecule has 30 heavy (non-hydrogen) atoms. The summed E-state index contributed by atoms with van der Waals surface area (Å²) in [5, 5.41) is 12.1. The van der Waals surface area contributed by atoms with E-state index in [0.717, 1.165) is 30.1 Å². The van der Waals surface area contributed by atoms with Gasteiger partial charge >= 0.3 is 0 Å². The van der Waals surface area contributed by atoms with E-state index in [9.17, 15) is 5.11 Å². The average Bonchev–Trinajstić information content (AvgIpc) is 3.00. The second kappa shape index (κ2) is 7.50. The number of fused-ring (bicyclic) bond motifs is 5. The first kappa shape index (κ1) is 22.6. The Kier molecular flexibility index (Phi) is 5.66. The van der Waals surface area contributed by atoms with Crippen LogP contribution >= 0.6 is 0 Å². The predicted molar refractivity (Wildman–Crippen MR) is 128 cm³/mol. The van der Waals surface area contributed by atoms with E-state index >= 15 is 0 Å². The molecule has 4 aliphatic carbocycles. The van der Waals surface area contributed by atoms with Gasteiger partial charge in [-0.25, -0.2) is 0 Å². The van der Waals surface area contributed by atoms with E-state index in [1.807, 2.05) is 0 Å². The third kappa shape index (κ3) is 3.12. The number of allylic oxidation sites excluding steroid dienone is 4. The van der Waals surface area contributed by atoms with Crippen LogP contribution in [0.3, 0.4) is 0 Å². The zero-order valence-electron chi connectivity index (χ0n) is 20.9. The Bertz CT molecular complexity index is 712. The van der Waals surface area contributed by atoms with Crippen molar-refractivity contribution in [2.45, 2.75) is 112 Å². The smallest absolute Gasteiger partial charge is 0.0754 e. The minimum Gasteiger partial charge on any atom is -0.389 e. The standard InChI is InChI=1S/C29H48O/c1-20(2)10-8-11-21(3)23-12-13-24-22-14-19-29(30)26(4,5)16-9-17-28(29,7)25(22)15-18-27(23,24)6/h8,10-11,21-25,30H,9,12-19H2,1-7H3/b11-8+/t21-,22+,23-,24+,25+,27-,28-,29-/m1/s1. The Morgan fingerprint density at radius 1 is 0.900 bits per heavy atom. The van der Waals surface area contributed by atoms with Gasteiger partial charge in [-0.3, -0.25) is 0 Å². The number of hydrogen-bond acceptors (Lipinski definition) is 1. The van der Waals surface area contributed by atoms with Gasteiger partial charge in [-0.1, -0.05) is 64.8 Å². The molecule has 4 saturated carbocycles. The van der Waals surface area contributed by atoms with E-state index in [1.165, 1.54) is 56.9 Å². The Morgan fingerprint density at radius 2 is 1.63 bits per heavy atom.